The summed E-state index contributed by atoms with van der Waals surface area (Å²) in [6.45, 7) is -0.263. The predicted molar refractivity (Wildman–Crippen MR) is 433 cm³/mol. The van der Waals surface area contributed by atoms with Crippen LogP contribution in [0.15, 0.2) is 12.2 Å². The Hall–Kier alpha value is -3.78. The van der Waals surface area contributed by atoms with Crippen LogP contribution in [0.1, 0.15) is 208 Å². The van der Waals surface area contributed by atoms with Crippen molar-refractivity contribution in [1.29, 1.82) is 0 Å². The van der Waals surface area contributed by atoms with Gasteiger partial charge in [0.2, 0.25) is 17.7 Å². The van der Waals surface area contributed by atoms with Gasteiger partial charge in [-0.05, 0) is 26.2 Å². The SMILES string of the molecule is CCCCCCCCCCCCC/C=C/[C@@H](O)[C@@H](CO[C@@H]1O[C@H](CO)[C@@H](O[C@@H]2O[C@H](CO)[C@H](O[C@@H]3O[C@H](CO)[C@H](O)[C@H](O[C@@H]4O[C@H](CO)[C@H](O)[C@H](O[C@H]5O[C@H](CO)[C@H](O)[C@H](O)[C@H]5O)[C@H]4O[C@@H]4O[C@@H](C)[C@@H](O)[C@@H](O)[C@@H]4O)[C@H]3NC(C)=O)[C@H](O[C@]3(C(=O)O)C[C@H](O)[C@@H](NC(C)=O)[C@H]([C@H](O)[C@H](O)CO)O3)[C@H]2O)[C@H](O)[C@H]1O)NC(=O)CCCCCCCCCCCCCCC. The maximum atomic E-state index is 14.1. The number of hydrogen-bond acceptors (Lipinski definition) is 39. The highest BCUT2D eigenvalue weighted by molar-refractivity contribution is 5.77. The second-order valence-electron chi connectivity index (χ2n) is 34.2. The number of allylic oxidation sites excluding steroid dienone is 1. The summed E-state index contributed by atoms with van der Waals surface area (Å²) in [7, 11) is 0. The molecule has 0 aliphatic carbocycles. The Morgan fingerprint density at radius 3 is 1.38 bits per heavy atom. The zero-order valence-electron chi connectivity index (χ0n) is 72.7. The summed E-state index contributed by atoms with van der Waals surface area (Å²) in [6.07, 6.45) is -43.6. The van der Waals surface area contributed by atoms with Crippen molar-refractivity contribution in [3.05, 3.63) is 12.2 Å². The first-order valence-corrected chi connectivity index (χ1v) is 45.0. The van der Waals surface area contributed by atoms with Crippen LogP contribution in [-0.4, -0.2) is 415 Å². The molecule has 3 amide bonds. The van der Waals surface area contributed by atoms with Gasteiger partial charge < -0.3 is 195 Å². The minimum Gasteiger partial charge on any atom is -0.477 e. The van der Waals surface area contributed by atoms with Crippen LogP contribution in [0.4, 0.5) is 0 Å². The van der Waals surface area contributed by atoms with Crippen molar-refractivity contribution in [1.82, 2.24) is 16.0 Å². The molecule has 0 bridgehead atoms. The number of carbonyl (C=O) groups excluding carboxylic acids is 3. The highest BCUT2D eigenvalue weighted by Gasteiger charge is 2.64. The van der Waals surface area contributed by atoms with Crippen molar-refractivity contribution >= 4 is 23.7 Å². The van der Waals surface area contributed by atoms with E-state index in [-0.39, 0.29) is 6.42 Å². The van der Waals surface area contributed by atoms with Crippen molar-refractivity contribution in [2.45, 2.75) is 441 Å². The molecule has 25 N–H and O–H groups in total. The van der Waals surface area contributed by atoms with E-state index < -0.39 is 309 Å². The minimum atomic E-state index is -3.50. The molecule has 0 saturated carbocycles. The van der Waals surface area contributed by atoms with Gasteiger partial charge in [0.1, 0.15) is 159 Å². The number of aliphatic hydroxyl groups excluding tert-OH is 21. The summed E-state index contributed by atoms with van der Waals surface area (Å²) < 4.78 is 85.3. The Morgan fingerprint density at radius 2 is 0.849 bits per heavy atom. The molecule has 43 nitrogen and oxygen atoms in total. The summed E-state index contributed by atoms with van der Waals surface area (Å²) >= 11 is 0. The number of aliphatic hydroxyl groups is 21. The van der Waals surface area contributed by atoms with Gasteiger partial charge in [-0.2, -0.15) is 0 Å². The van der Waals surface area contributed by atoms with E-state index in [1.165, 1.54) is 96.5 Å². The minimum absolute atomic E-state index is 0.0977. The Kier molecular flexibility index (Phi) is 47.8. The van der Waals surface area contributed by atoms with Crippen molar-refractivity contribution in [3.63, 3.8) is 0 Å². The third-order valence-corrected chi connectivity index (χ3v) is 24.3. The van der Waals surface area contributed by atoms with Gasteiger partial charge in [-0.3, -0.25) is 14.4 Å². The molecule has 734 valence electrons. The highest BCUT2D eigenvalue weighted by Crippen LogP contribution is 2.43. The van der Waals surface area contributed by atoms with Crippen LogP contribution in [0.25, 0.3) is 0 Å². The number of carbonyl (C=O) groups is 4. The van der Waals surface area contributed by atoms with Crippen molar-refractivity contribution in [2.24, 2.45) is 0 Å². The summed E-state index contributed by atoms with van der Waals surface area (Å²) in [5.74, 6) is -8.11. The van der Waals surface area contributed by atoms with E-state index in [1.807, 2.05) is 0 Å². The normalized spacial score (nSPS) is 38.6. The summed E-state index contributed by atoms with van der Waals surface area (Å²) in [5.41, 5.74) is 0. The molecular formula is C83H147N3O40. The van der Waals surface area contributed by atoms with Gasteiger partial charge in [-0.25, -0.2) is 4.79 Å². The van der Waals surface area contributed by atoms with Crippen LogP contribution in [0, 0.1) is 0 Å². The molecule has 7 aliphatic rings. The van der Waals surface area contributed by atoms with Gasteiger partial charge in [0.15, 0.2) is 37.7 Å². The molecule has 126 heavy (non-hydrogen) atoms. The number of ether oxygens (including phenoxy) is 14. The van der Waals surface area contributed by atoms with E-state index in [0.29, 0.717) is 12.8 Å². The second-order valence-corrected chi connectivity index (χ2v) is 34.2. The van der Waals surface area contributed by atoms with E-state index in [2.05, 4.69) is 29.8 Å². The first kappa shape index (κ1) is 109. The average Bonchev–Trinajstić information content (AvgIpc) is 0.750. The molecule has 7 fully saturated rings. The van der Waals surface area contributed by atoms with Crippen LogP contribution >= 0.6 is 0 Å². The van der Waals surface area contributed by atoms with Crippen LogP contribution in [0.2, 0.25) is 0 Å². The van der Waals surface area contributed by atoms with E-state index >= 15 is 0 Å². The monoisotopic (exact) mass is 1830 g/mol. The van der Waals surface area contributed by atoms with E-state index in [1.54, 1.807) is 6.08 Å². The number of carboxylic acid groups (broad SMARTS) is 1. The maximum Gasteiger partial charge on any atom is 0.364 e. The molecule has 0 aromatic carbocycles. The third kappa shape index (κ3) is 30.6. The van der Waals surface area contributed by atoms with Crippen LogP contribution < -0.4 is 16.0 Å². The Labute approximate surface area is 733 Å². The Balaban J connectivity index is 1.20. The second kappa shape index (κ2) is 55.2. The molecule has 0 aromatic heterocycles. The summed E-state index contributed by atoms with van der Waals surface area (Å²) in [6, 6.07) is -5.18. The zero-order valence-corrected chi connectivity index (χ0v) is 72.7. The zero-order chi connectivity index (χ0) is 92.6. The molecule has 7 heterocycles. The molecule has 43 heteroatoms. The third-order valence-electron chi connectivity index (χ3n) is 24.3. The lowest BCUT2D eigenvalue weighted by atomic mass is 9.88. The predicted octanol–water partition coefficient (Wildman–Crippen LogP) is -5.15. The molecule has 0 spiro atoms. The van der Waals surface area contributed by atoms with Crippen LogP contribution in [0.3, 0.4) is 0 Å². The van der Waals surface area contributed by atoms with Gasteiger partial charge in [0.05, 0.1) is 76.6 Å². The lowest BCUT2D eigenvalue weighted by Gasteiger charge is -2.53. The molecule has 7 saturated heterocycles. The van der Waals surface area contributed by atoms with Crippen molar-refractivity contribution in [3.8, 4) is 0 Å². The van der Waals surface area contributed by atoms with Gasteiger partial charge >= 0.3 is 5.97 Å². The number of unbranched alkanes of at least 4 members (excludes halogenated alkanes) is 23. The molecule has 0 radical (unpaired) electrons. The lowest BCUT2D eigenvalue weighted by Crippen LogP contribution is -2.72. The fraction of sp³-hybridized carbons (Fsp3) is 0.928. The number of amides is 3. The summed E-state index contributed by atoms with van der Waals surface area (Å²) in [5, 5.41) is 256. The van der Waals surface area contributed by atoms with Crippen LogP contribution in [-0.2, 0) is 85.5 Å². The molecule has 0 aromatic rings. The highest BCUT2D eigenvalue weighted by atomic mass is 16.8. The molecule has 0 unspecified atom stereocenters. The van der Waals surface area contributed by atoms with Gasteiger partial charge in [0, 0.05) is 26.7 Å². The molecule has 38 atom stereocenters. The topological polar surface area (TPSA) is 679 Å². The average molecular weight is 1830 g/mol. The molecular weight excluding hydrogens is 1680 g/mol. The molecule has 7 rings (SSSR count). The smallest absolute Gasteiger partial charge is 0.364 e. The van der Waals surface area contributed by atoms with E-state index in [4.69, 9.17) is 66.3 Å². The number of rotatable bonds is 55. The van der Waals surface area contributed by atoms with E-state index in [9.17, 15) is 132 Å². The standard InChI is InChI=1S/C83H147N3O40/c1-6-8-10-12-14-16-18-20-22-24-26-28-30-32-46(95)45(86-54(98)33-31-29-27-25-23-21-19-17-15-13-11-9-7-2)41-113-77-67(109)64(106)69(52(39-91)118-77)120-80-68(110)74(126-83(82(111)112)34-47(96)55(84-43(4)93)72(125-83)58(100)48(97)35-87)70(53(40-92)119-80)121-76-56(85-44(5)94)71(60(102)50(37-89)115-76)122-81-75(124-78-65(107)62(104)57(99)42(3)114-78)73(61(103)51(38-90)117-81)123-79-66(108)63(105)59(101)49(36-88)116-79/h30,32,42,45-53,55-81,87-92,95-97,99-110H,6-29,31,33-41H2,1-5H3,(H,84,93)(H,85,94)(H,86,98)(H,111,112)/b32-30+/t42-,45+,46+,47-,48+,49+,50+,51+,52+,53+,55+,56+,57+,58+,59-,60-,61-,62+,63-,64+,65-,66+,67+,68+,69+,70-,71+,72+,73-,74+,75+,76-,77+,78-,79+,80-,81-,83-/m0/s1. The lowest BCUT2D eigenvalue weighted by molar-refractivity contribution is -0.410. The first-order chi connectivity index (χ1) is 60.2. The number of carboxylic acids is 1. The first-order valence-electron chi connectivity index (χ1n) is 45.0. The van der Waals surface area contributed by atoms with Crippen LogP contribution in [0.5, 0.6) is 0 Å². The summed E-state index contributed by atoms with van der Waals surface area (Å²) in [4.78, 5) is 54.1. The van der Waals surface area contributed by atoms with Gasteiger partial charge in [0.25, 0.3) is 5.79 Å². The number of hydrogen-bond donors (Lipinski definition) is 25. The quantitative estimate of drug-likeness (QED) is 0.0200. The van der Waals surface area contributed by atoms with Crippen molar-refractivity contribution < 1.29 is 198 Å². The largest absolute Gasteiger partial charge is 0.477 e. The molecule has 7 aliphatic heterocycles. The van der Waals surface area contributed by atoms with Gasteiger partial charge in [-0.15, -0.1) is 0 Å². The fourth-order valence-corrected chi connectivity index (χ4v) is 16.8. The number of aliphatic carboxylic acids is 1. The van der Waals surface area contributed by atoms with Gasteiger partial charge in [-0.1, -0.05) is 167 Å². The van der Waals surface area contributed by atoms with E-state index in [0.717, 1.165) is 78.1 Å². The fourth-order valence-electron chi connectivity index (χ4n) is 16.8. The maximum absolute atomic E-state index is 14.1. The van der Waals surface area contributed by atoms with Crippen molar-refractivity contribution in [2.75, 3.05) is 46.2 Å². The Bertz CT molecular complexity index is 3110. The Morgan fingerprint density at radius 1 is 0.429 bits per heavy atom. The number of nitrogens with one attached hydrogen (secondary N) is 3.